The fourth-order valence-electron chi connectivity index (χ4n) is 2.00. The minimum Gasteiger partial charge on any atom is -0.449 e. The number of hydrogen-bond donors (Lipinski definition) is 0. The van der Waals surface area contributed by atoms with Crippen LogP contribution in [0.4, 0.5) is 4.79 Å². The van der Waals surface area contributed by atoms with Gasteiger partial charge in [0.15, 0.2) is 0 Å². The highest BCUT2D eigenvalue weighted by molar-refractivity contribution is 5.68. The molecule has 1 aromatic carbocycles. The van der Waals surface area contributed by atoms with Gasteiger partial charge in [-0.05, 0) is 5.56 Å². The van der Waals surface area contributed by atoms with Crippen LogP contribution in [0.3, 0.4) is 0 Å². The molecular formula is C14H18N2O3. The van der Waals surface area contributed by atoms with Crippen LogP contribution in [0.25, 0.3) is 0 Å². The van der Waals surface area contributed by atoms with E-state index in [1.165, 1.54) is 0 Å². The Balaban J connectivity index is 1.69. The average Bonchev–Trinajstić information content (AvgIpc) is 2.48. The third-order valence-electron chi connectivity index (χ3n) is 3.18. The predicted octanol–water partition coefficient (Wildman–Crippen LogP) is 1.14. The first kappa shape index (κ1) is 13.4. The maximum absolute atomic E-state index is 11.8. The molecule has 5 heteroatoms. The lowest BCUT2D eigenvalue weighted by molar-refractivity contribution is -0.119. The Morgan fingerprint density at radius 3 is 2.47 bits per heavy atom. The monoisotopic (exact) mass is 262 g/mol. The molecule has 0 unspecified atom stereocenters. The summed E-state index contributed by atoms with van der Waals surface area (Å²) in [5, 5.41) is 0. The molecule has 1 saturated heterocycles. The number of carbonyl (C=O) groups excluding carboxylic acids is 2. The molecule has 1 heterocycles. The van der Waals surface area contributed by atoms with Crippen LogP contribution >= 0.6 is 0 Å². The van der Waals surface area contributed by atoms with E-state index >= 15 is 0 Å². The first-order valence-electron chi connectivity index (χ1n) is 6.44. The van der Waals surface area contributed by atoms with E-state index in [0.717, 1.165) is 18.4 Å². The smallest absolute Gasteiger partial charge is 0.409 e. The van der Waals surface area contributed by atoms with Crippen LogP contribution in [0.15, 0.2) is 30.3 Å². The summed E-state index contributed by atoms with van der Waals surface area (Å²) in [4.78, 5) is 25.6. The molecule has 0 N–H and O–H groups in total. The molecule has 0 aromatic heterocycles. The summed E-state index contributed by atoms with van der Waals surface area (Å²) in [6.45, 7) is 2.64. The Hall–Kier alpha value is -2.04. The van der Waals surface area contributed by atoms with Crippen molar-refractivity contribution in [2.75, 3.05) is 32.8 Å². The fraction of sp³-hybridized carbons (Fsp3) is 0.429. The molecule has 102 valence electrons. The van der Waals surface area contributed by atoms with Gasteiger partial charge in [0.25, 0.3) is 0 Å². The van der Waals surface area contributed by atoms with Crippen LogP contribution in [0.5, 0.6) is 0 Å². The van der Waals surface area contributed by atoms with E-state index < -0.39 is 0 Å². The maximum Gasteiger partial charge on any atom is 0.409 e. The van der Waals surface area contributed by atoms with Gasteiger partial charge in [-0.15, -0.1) is 0 Å². The second kappa shape index (κ2) is 6.78. The van der Waals surface area contributed by atoms with Crippen molar-refractivity contribution in [1.29, 1.82) is 0 Å². The van der Waals surface area contributed by atoms with Gasteiger partial charge in [-0.1, -0.05) is 30.3 Å². The molecule has 2 rings (SSSR count). The molecular weight excluding hydrogens is 244 g/mol. The minimum atomic E-state index is -0.290. The largest absolute Gasteiger partial charge is 0.449 e. The van der Waals surface area contributed by atoms with Gasteiger partial charge in [-0.2, -0.15) is 0 Å². The van der Waals surface area contributed by atoms with Crippen molar-refractivity contribution in [2.45, 2.75) is 6.42 Å². The Morgan fingerprint density at radius 1 is 1.16 bits per heavy atom. The number of piperazine rings is 1. The Bertz CT molecular complexity index is 414. The van der Waals surface area contributed by atoms with Crippen molar-refractivity contribution in [3.05, 3.63) is 35.9 Å². The summed E-state index contributed by atoms with van der Waals surface area (Å²) in [7, 11) is 0. The topological polar surface area (TPSA) is 49.9 Å². The summed E-state index contributed by atoms with van der Waals surface area (Å²) < 4.78 is 5.23. The number of benzene rings is 1. The van der Waals surface area contributed by atoms with Crippen LogP contribution in [0, 0.1) is 0 Å². The lowest BCUT2D eigenvalue weighted by atomic mass is 10.2. The number of amides is 2. The lowest BCUT2D eigenvalue weighted by Gasteiger charge is -2.31. The third-order valence-corrected chi connectivity index (χ3v) is 3.18. The van der Waals surface area contributed by atoms with Crippen LogP contribution in [-0.4, -0.2) is 55.1 Å². The zero-order valence-electron chi connectivity index (χ0n) is 10.8. The zero-order valence-corrected chi connectivity index (χ0v) is 10.8. The van der Waals surface area contributed by atoms with Gasteiger partial charge in [-0.3, -0.25) is 4.79 Å². The molecule has 1 aliphatic heterocycles. The highest BCUT2D eigenvalue weighted by atomic mass is 16.6. The van der Waals surface area contributed by atoms with Crippen molar-refractivity contribution >= 4 is 12.5 Å². The highest BCUT2D eigenvalue weighted by Gasteiger charge is 2.20. The third kappa shape index (κ3) is 3.98. The molecule has 1 aromatic rings. The normalized spacial score (nSPS) is 15.2. The van der Waals surface area contributed by atoms with E-state index in [1.54, 1.807) is 9.80 Å². The standard InChI is InChI=1S/C14H18N2O3/c17-12-15-7-9-16(10-8-15)14(18)19-11-6-13-4-2-1-3-5-13/h1-5,12H,6-11H2. The van der Waals surface area contributed by atoms with Gasteiger partial charge < -0.3 is 14.5 Å². The number of carbonyl (C=O) groups is 2. The Morgan fingerprint density at radius 2 is 1.84 bits per heavy atom. The van der Waals surface area contributed by atoms with Crippen molar-refractivity contribution in [1.82, 2.24) is 9.80 Å². The summed E-state index contributed by atoms with van der Waals surface area (Å²) in [6.07, 6.45) is 1.25. The van der Waals surface area contributed by atoms with E-state index in [0.29, 0.717) is 32.8 Å². The van der Waals surface area contributed by atoms with Gasteiger partial charge in [0.1, 0.15) is 0 Å². The quantitative estimate of drug-likeness (QED) is 0.765. The molecule has 0 radical (unpaired) electrons. The first-order valence-corrected chi connectivity index (χ1v) is 6.44. The molecule has 0 atom stereocenters. The molecule has 2 amide bonds. The van der Waals surface area contributed by atoms with E-state index in [4.69, 9.17) is 4.74 Å². The van der Waals surface area contributed by atoms with Gasteiger partial charge in [-0.25, -0.2) is 4.79 Å². The van der Waals surface area contributed by atoms with Crippen molar-refractivity contribution in [3.63, 3.8) is 0 Å². The number of hydrogen-bond acceptors (Lipinski definition) is 3. The van der Waals surface area contributed by atoms with E-state index in [-0.39, 0.29) is 6.09 Å². The Kier molecular flexibility index (Phi) is 4.78. The molecule has 5 nitrogen and oxygen atoms in total. The molecule has 0 saturated carbocycles. The van der Waals surface area contributed by atoms with Crippen LogP contribution in [0.2, 0.25) is 0 Å². The summed E-state index contributed by atoms with van der Waals surface area (Å²) >= 11 is 0. The van der Waals surface area contributed by atoms with Gasteiger partial charge in [0.05, 0.1) is 6.61 Å². The molecule has 19 heavy (non-hydrogen) atoms. The molecule has 1 aliphatic rings. The van der Waals surface area contributed by atoms with Crippen LogP contribution < -0.4 is 0 Å². The number of nitrogens with zero attached hydrogens (tertiary/aromatic N) is 2. The lowest BCUT2D eigenvalue weighted by Crippen LogP contribution is -2.48. The van der Waals surface area contributed by atoms with Crippen LogP contribution in [-0.2, 0) is 16.0 Å². The number of ether oxygens (including phenoxy) is 1. The SMILES string of the molecule is O=CN1CCN(C(=O)OCCc2ccccc2)CC1. The molecule has 0 spiro atoms. The second-order valence-electron chi connectivity index (χ2n) is 4.48. The summed E-state index contributed by atoms with van der Waals surface area (Å²) in [5.74, 6) is 0. The van der Waals surface area contributed by atoms with Crippen molar-refractivity contribution < 1.29 is 14.3 Å². The van der Waals surface area contributed by atoms with Gasteiger partial charge in [0.2, 0.25) is 6.41 Å². The average molecular weight is 262 g/mol. The summed E-state index contributed by atoms with van der Waals surface area (Å²) in [5.41, 5.74) is 1.15. The highest BCUT2D eigenvalue weighted by Crippen LogP contribution is 2.04. The molecule has 0 aliphatic carbocycles. The molecule has 0 bridgehead atoms. The zero-order chi connectivity index (χ0) is 13.5. The minimum absolute atomic E-state index is 0.290. The van der Waals surface area contributed by atoms with Crippen molar-refractivity contribution in [3.8, 4) is 0 Å². The predicted molar refractivity (Wildman–Crippen MR) is 70.7 cm³/mol. The number of rotatable bonds is 4. The van der Waals surface area contributed by atoms with Crippen LogP contribution in [0.1, 0.15) is 5.56 Å². The summed E-state index contributed by atoms with van der Waals surface area (Å²) in [6, 6.07) is 9.92. The second-order valence-corrected chi connectivity index (χ2v) is 4.48. The van der Waals surface area contributed by atoms with E-state index in [1.807, 2.05) is 30.3 Å². The molecule has 1 fully saturated rings. The first-order chi connectivity index (χ1) is 9.29. The maximum atomic E-state index is 11.8. The van der Waals surface area contributed by atoms with Gasteiger partial charge in [0, 0.05) is 32.6 Å². The Labute approximate surface area is 112 Å². The van der Waals surface area contributed by atoms with Crippen molar-refractivity contribution in [2.24, 2.45) is 0 Å². The van der Waals surface area contributed by atoms with E-state index in [2.05, 4.69) is 0 Å². The fourth-order valence-corrected chi connectivity index (χ4v) is 2.00. The van der Waals surface area contributed by atoms with Gasteiger partial charge >= 0.3 is 6.09 Å². The van der Waals surface area contributed by atoms with E-state index in [9.17, 15) is 9.59 Å².